The molecule has 18 heavy (non-hydrogen) atoms. The van der Waals surface area contributed by atoms with Crippen molar-refractivity contribution in [3.63, 3.8) is 0 Å². The van der Waals surface area contributed by atoms with E-state index in [9.17, 15) is 0 Å². The number of aryl methyl sites for hydroxylation is 1. The molecule has 0 atom stereocenters. The second-order valence-electron chi connectivity index (χ2n) is 3.36. The lowest BCUT2D eigenvalue weighted by Gasteiger charge is -2.08. The van der Waals surface area contributed by atoms with E-state index in [0.717, 1.165) is 5.56 Å². The van der Waals surface area contributed by atoms with Gasteiger partial charge in [-0.1, -0.05) is 0 Å². The molecule has 0 aromatic heterocycles. The van der Waals surface area contributed by atoms with Gasteiger partial charge in [0.2, 0.25) is 5.71 Å². The Hall–Kier alpha value is -2.38. The molecule has 90 valence electrons. The Morgan fingerprint density at radius 3 is 2.61 bits per heavy atom. The van der Waals surface area contributed by atoms with Gasteiger partial charge < -0.3 is 5.73 Å². The van der Waals surface area contributed by atoms with Crippen molar-refractivity contribution >= 4 is 33.2 Å². The lowest BCUT2D eigenvalue weighted by Crippen LogP contribution is -2.22. The first-order valence-electron chi connectivity index (χ1n) is 4.78. The van der Waals surface area contributed by atoms with Crippen molar-refractivity contribution in [3.8, 4) is 12.1 Å². The van der Waals surface area contributed by atoms with Gasteiger partial charge in [0.15, 0.2) is 5.84 Å². The number of nitrogens with zero attached hydrogens (tertiary/aromatic N) is 3. The Bertz CT molecular complexity index is 582. The average Bonchev–Trinajstić information content (AvgIpc) is 2.32. The van der Waals surface area contributed by atoms with Crippen LogP contribution in [0.25, 0.3) is 0 Å². The number of rotatable bonds is 3. The van der Waals surface area contributed by atoms with E-state index in [4.69, 9.17) is 21.7 Å². The largest absolute Gasteiger partial charge is 0.382 e. The first-order valence-corrected chi connectivity index (χ1v) is 5.57. The molecule has 0 unspecified atom stereocenters. The summed E-state index contributed by atoms with van der Waals surface area (Å²) in [4.78, 5) is 0. The Kier molecular flexibility index (Phi) is 4.41. The van der Waals surface area contributed by atoms with E-state index in [1.54, 1.807) is 25.1 Å². The number of halogens is 1. The van der Waals surface area contributed by atoms with Gasteiger partial charge >= 0.3 is 0 Å². The molecule has 0 amide bonds. The highest BCUT2D eigenvalue weighted by Crippen LogP contribution is 2.27. The van der Waals surface area contributed by atoms with Crippen LogP contribution in [0.4, 0.5) is 5.69 Å². The summed E-state index contributed by atoms with van der Waals surface area (Å²) in [6.45, 7) is 1.79. The number of benzene rings is 1. The first kappa shape index (κ1) is 13.7. The second-order valence-corrected chi connectivity index (χ2v) is 4.21. The molecule has 0 radical (unpaired) electrons. The van der Waals surface area contributed by atoms with Crippen LogP contribution in [0.15, 0.2) is 21.7 Å². The molecule has 0 aliphatic carbocycles. The predicted molar refractivity (Wildman–Crippen MR) is 72.2 cm³/mol. The molecule has 4 N–H and O–H groups in total. The molecule has 0 saturated carbocycles. The van der Waals surface area contributed by atoms with Crippen molar-refractivity contribution in [2.75, 3.05) is 5.43 Å². The van der Waals surface area contributed by atoms with Gasteiger partial charge in [-0.25, -0.2) is 0 Å². The highest BCUT2D eigenvalue weighted by Gasteiger charge is 2.07. The number of amidine groups is 1. The first-order chi connectivity index (χ1) is 8.49. The zero-order valence-corrected chi connectivity index (χ0v) is 11.0. The predicted octanol–water partition coefficient (Wildman–Crippen LogP) is 1.86. The lowest BCUT2D eigenvalue weighted by molar-refractivity contribution is 1.28. The summed E-state index contributed by atoms with van der Waals surface area (Å²) < 4.78 is 0.642. The van der Waals surface area contributed by atoms with Crippen molar-refractivity contribution in [2.45, 2.75) is 6.92 Å². The highest BCUT2D eigenvalue weighted by atomic mass is 79.9. The van der Waals surface area contributed by atoms with Crippen molar-refractivity contribution < 1.29 is 0 Å². The fourth-order valence-electron chi connectivity index (χ4n) is 1.21. The third-order valence-electron chi connectivity index (χ3n) is 2.06. The molecule has 0 saturated heterocycles. The number of anilines is 1. The number of nitriles is 2. The van der Waals surface area contributed by atoms with Crippen LogP contribution in [0, 0.1) is 35.0 Å². The summed E-state index contributed by atoms with van der Waals surface area (Å²) >= 11 is 3.30. The van der Waals surface area contributed by atoms with Crippen LogP contribution in [-0.4, -0.2) is 11.5 Å². The normalized spacial score (nSPS) is 10.3. The van der Waals surface area contributed by atoms with Crippen LogP contribution in [-0.2, 0) is 0 Å². The zero-order chi connectivity index (χ0) is 13.7. The quantitative estimate of drug-likeness (QED) is 0.448. The number of hydrogen-bond acceptors (Lipinski definition) is 5. The number of hydrazone groups is 1. The average molecular weight is 305 g/mol. The van der Waals surface area contributed by atoms with Crippen LogP contribution >= 0.6 is 15.9 Å². The maximum atomic E-state index is 8.80. The van der Waals surface area contributed by atoms with E-state index in [1.165, 1.54) is 0 Å². The second kappa shape index (κ2) is 5.80. The summed E-state index contributed by atoms with van der Waals surface area (Å²) in [5.41, 5.74) is 9.53. The number of hydrogen-bond donors (Lipinski definition) is 3. The van der Waals surface area contributed by atoms with E-state index in [-0.39, 0.29) is 5.71 Å². The molecule has 1 aromatic carbocycles. The minimum absolute atomic E-state index is 0.203. The molecule has 0 fully saturated rings. The smallest absolute Gasteiger partial charge is 0.201 e. The van der Waals surface area contributed by atoms with Crippen LogP contribution in [0.5, 0.6) is 0 Å². The molecule has 1 aromatic rings. The summed E-state index contributed by atoms with van der Waals surface area (Å²) in [6.07, 6.45) is 0. The van der Waals surface area contributed by atoms with Gasteiger partial charge in [0.1, 0.15) is 6.07 Å². The van der Waals surface area contributed by atoms with Crippen LogP contribution in [0.2, 0.25) is 0 Å². The van der Waals surface area contributed by atoms with Crippen molar-refractivity contribution in [1.82, 2.24) is 0 Å². The van der Waals surface area contributed by atoms with Gasteiger partial charge in [0.05, 0.1) is 17.3 Å². The van der Waals surface area contributed by atoms with Crippen molar-refractivity contribution in [1.29, 1.82) is 15.9 Å². The molecule has 0 spiro atoms. The molecule has 6 nitrogen and oxygen atoms in total. The summed E-state index contributed by atoms with van der Waals surface area (Å²) in [7, 11) is 0. The standard InChI is InChI=1S/C11H9BrN6/c1-6-2-7(4-13)3-8(12)10(6)18-17-9(5-14)11(15)16/h2-3,18H,1H3,(H3,15,16)/b17-9+. The minimum atomic E-state index is -0.410. The molecule has 7 heteroatoms. The molecule has 0 aliphatic heterocycles. The van der Waals surface area contributed by atoms with E-state index in [0.29, 0.717) is 15.7 Å². The molecule has 0 aliphatic rings. The zero-order valence-electron chi connectivity index (χ0n) is 9.45. The third-order valence-corrected chi connectivity index (χ3v) is 2.68. The highest BCUT2D eigenvalue weighted by molar-refractivity contribution is 9.10. The SMILES string of the molecule is Cc1cc(C#N)cc(Br)c1N/N=C(\C#N)C(=N)N. The Morgan fingerprint density at radius 1 is 1.50 bits per heavy atom. The molecular formula is C11H9BrN6. The molecular weight excluding hydrogens is 296 g/mol. The summed E-state index contributed by atoms with van der Waals surface area (Å²) in [5.74, 6) is -0.410. The van der Waals surface area contributed by atoms with Crippen molar-refractivity contribution in [2.24, 2.45) is 10.8 Å². The number of nitrogens with one attached hydrogen (secondary N) is 2. The van der Waals surface area contributed by atoms with E-state index < -0.39 is 5.84 Å². The van der Waals surface area contributed by atoms with Gasteiger partial charge in [0, 0.05) is 4.47 Å². The molecule has 0 bridgehead atoms. The van der Waals surface area contributed by atoms with Gasteiger partial charge in [-0.15, -0.1) is 0 Å². The van der Waals surface area contributed by atoms with Gasteiger partial charge in [-0.3, -0.25) is 10.8 Å². The maximum absolute atomic E-state index is 8.80. The fourth-order valence-corrected chi connectivity index (χ4v) is 1.86. The number of nitrogens with two attached hydrogens (primary N) is 1. The summed E-state index contributed by atoms with van der Waals surface area (Å²) in [6, 6.07) is 7.05. The van der Waals surface area contributed by atoms with E-state index in [2.05, 4.69) is 26.5 Å². The maximum Gasteiger partial charge on any atom is 0.201 e. The lowest BCUT2D eigenvalue weighted by atomic mass is 10.1. The van der Waals surface area contributed by atoms with Crippen molar-refractivity contribution in [3.05, 3.63) is 27.7 Å². The van der Waals surface area contributed by atoms with Gasteiger partial charge in [-0.2, -0.15) is 15.6 Å². The minimum Gasteiger partial charge on any atom is -0.382 e. The van der Waals surface area contributed by atoms with Crippen LogP contribution in [0.3, 0.4) is 0 Å². The van der Waals surface area contributed by atoms with Crippen LogP contribution in [0.1, 0.15) is 11.1 Å². The molecule has 0 heterocycles. The topological polar surface area (TPSA) is 122 Å². The Balaban J connectivity index is 3.11. The third kappa shape index (κ3) is 3.06. The Morgan fingerprint density at radius 2 is 2.17 bits per heavy atom. The molecule has 1 rings (SSSR count). The Labute approximate surface area is 112 Å². The summed E-state index contributed by atoms with van der Waals surface area (Å²) in [5, 5.41) is 28.3. The van der Waals surface area contributed by atoms with Gasteiger partial charge in [-0.05, 0) is 40.5 Å². The van der Waals surface area contributed by atoms with E-state index in [1.807, 2.05) is 6.07 Å². The van der Waals surface area contributed by atoms with Crippen LogP contribution < -0.4 is 11.2 Å². The fraction of sp³-hybridized carbons (Fsp3) is 0.0909. The monoisotopic (exact) mass is 304 g/mol. The van der Waals surface area contributed by atoms with Gasteiger partial charge in [0.25, 0.3) is 0 Å². The van der Waals surface area contributed by atoms with E-state index >= 15 is 0 Å².